The molecule has 122 valence electrons. The summed E-state index contributed by atoms with van der Waals surface area (Å²) in [4.78, 5) is 10.7. The fraction of sp³-hybridized carbons (Fsp3) is 0.188. The normalized spacial score (nSPS) is 11.0. The molecule has 0 saturated carbocycles. The van der Waals surface area contributed by atoms with E-state index in [0.717, 1.165) is 5.56 Å². The zero-order chi connectivity index (χ0) is 16.9. The lowest BCUT2D eigenvalue weighted by atomic mass is 10.2. The number of rotatable bonds is 7. The summed E-state index contributed by atoms with van der Waals surface area (Å²) in [6, 6.07) is 12.9. The van der Waals surface area contributed by atoms with Crippen LogP contribution in [-0.4, -0.2) is 26.1 Å². The van der Waals surface area contributed by atoms with Gasteiger partial charge in [0.25, 0.3) is 10.0 Å². The van der Waals surface area contributed by atoms with Crippen LogP contribution in [0, 0.1) is 0 Å². The maximum atomic E-state index is 12.5. The second kappa shape index (κ2) is 7.15. The third-order valence-electron chi connectivity index (χ3n) is 3.09. The summed E-state index contributed by atoms with van der Waals surface area (Å²) in [5.41, 5.74) is 1.03. The van der Waals surface area contributed by atoms with Gasteiger partial charge < -0.3 is 9.84 Å². The fourth-order valence-electron chi connectivity index (χ4n) is 2.06. The van der Waals surface area contributed by atoms with E-state index < -0.39 is 22.6 Å². The Morgan fingerprint density at radius 2 is 1.91 bits per heavy atom. The van der Waals surface area contributed by atoms with Crippen molar-refractivity contribution in [2.45, 2.75) is 18.2 Å². The Bertz CT molecular complexity index is 802. The first-order valence-corrected chi connectivity index (χ1v) is 8.46. The van der Waals surface area contributed by atoms with Gasteiger partial charge in [0.2, 0.25) is 0 Å². The number of nitrogens with one attached hydrogen (secondary N) is 1. The van der Waals surface area contributed by atoms with Gasteiger partial charge in [-0.2, -0.15) is 0 Å². The van der Waals surface area contributed by atoms with Crippen LogP contribution in [0.4, 0.5) is 5.69 Å². The molecule has 0 bridgehead atoms. The molecule has 0 amide bonds. The minimum absolute atomic E-state index is 0.222. The van der Waals surface area contributed by atoms with Gasteiger partial charge in [-0.1, -0.05) is 31.2 Å². The number of ether oxygens (including phenoxy) is 1. The number of carboxylic acids is 1. The van der Waals surface area contributed by atoms with E-state index in [1.54, 1.807) is 42.5 Å². The SMILES string of the molecule is CCc1ccccc1S(=O)(=O)Nc1cccc(OCC(=O)O)c1. The molecule has 0 aliphatic carbocycles. The molecule has 0 aliphatic heterocycles. The zero-order valence-corrected chi connectivity index (χ0v) is 13.3. The predicted molar refractivity (Wildman–Crippen MR) is 86.2 cm³/mol. The summed E-state index contributed by atoms with van der Waals surface area (Å²) in [6.45, 7) is 1.39. The lowest BCUT2D eigenvalue weighted by Crippen LogP contribution is -2.15. The molecule has 0 fully saturated rings. The molecule has 0 spiro atoms. The number of hydrogen-bond donors (Lipinski definition) is 2. The van der Waals surface area contributed by atoms with Crippen LogP contribution in [0.1, 0.15) is 12.5 Å². The monoisotopic (exact) mass is 335 g/mol. The number of carbonyl (C=O) groups is 1. The Morgan fingerprint density at radius 3 is 2.61 bits per heavy atom. The molecule has 0 aromatic heterocycles. The summed E-state index contributed by atoms with van der Waals surface area (Å²) >= 11 is 0. The number of hydrogen-bond acceptors (Lipinski definition) is 4. The zero-order valence-electron chi connectivity index (χ0n) is 12.5. The van der Waals surface area contributed by atoms with Crippen LogP contribution in [-0.2, 0) is 21.2 Å². The van der Waals surface area contributed by atoms with E-state index in [1.165, 1.54) is 6.07 Å². The van der Waals surface area contributed by atoms with Crippen molar-refractivity contribution in [1.82, 2.24) is 0 Å². The van der Waals surface area contributed by atoms with Crippen molar-refractivity contribution in [3.63, 3.8) is 0 Å². The molecule has 0 heterocycles. The molecule has 0 atom stereocenters. The Balaban J connectivity index is 2.24. The molecule has 0 radical (unpaired) electrons. The van der Waals surface area contributed by atoms with E-state index in [2.05, 4.69) is 4.72 Å². The molecule has 7 heteroatoms. The molecule has 23 heavy (non-hydrogen) atoms. The van der Waals surface area contributed by atoms with Crippen LogP contribution in [0.3, 0.4) is 0 Å². The largest absolute Gasteiger partial charge is 0.482 e. The Labute approximate surface area is 134 Å². The molecule has 2 aromatic rings. The van der Waals surface area contributed by atoms with E-state index >= 15 is 0 Å². The van der Waals surface area contributed by atoms with Crippen molar-refractivity contribution >= 4 is 21.7 Å². The molecular formula is C16H17NO5S. The van der Waals surface area contributed by atoms with Gasteiger partial charge in [0, 0.05) is 6.07 Å². The highest BCUT2D eigenvalue weighted by molar-refractivity contribution is 7.92. The first kappa shape index (κ1) is 16.8. The molecule has 0 saturated heterocycles. The van der Waals surface area contributed by atoms with Gasteiger partial charge in [-0.25, -0.2) is 13.2 Å². The van der Waals surface area contributed by atoms with Crippen molar-refractivity contribution in [2.75, 3.05) is 11.3 Å². The predicted octanol–water partition coefficient (Wildman–Crippen LogP) is 2.51. The Kier molecular flexibility index (Phi) is 5.23. The van der Waals surface area contributed by atoms with E-state index in [0.29, 0.717) is 12.1 Å². The average molecular weight is 335 g/mol. The minimum Gasteiger partial charge on any atom is -0.482 e. The van der Waals surface area contributed by atoms with E-state index in [-0.39, 0.29) is 10.6 Å². The third-order valence-corrected chi connectivity index (χ3v) is 4.57. The number of benzene rings is 2. The number of aliphatic carboxylic acids is 1. The first-order valence-electron chi connectivity index (χ1n) is 6.98. The van der Waals surface area contributed by atoms with Gasteiger partial charge in [0.1, 0.15) is 5.75 Å². The van der Waals surface area contributed by atoms with Crippen molar-refractivity contribution in [2.24, 2.45) is 0 Å². The van der Waals surface area contributed by atoms with Gasteiger partial charge >= 0.3 is 5.97 Å². The highest BCUT2D eigenvalue weighted by Gasteiger charge is 2.17. The van der Waals surface area contributed by atoms with Crippen molar-refractivity contribution < 1.29 is 23.1 Å². The highest BCUT2D eigenvalue weighted by Crippen LogP contribution is 2.23. The van der Waals surface area contributed by atoms with Gasteiger partial charge in [-0.05, 0) is 30.2 Å². The van der Waals surface area contributed by atoms with Gasteiger partial charge in [0.15, 0.2) is 6.61 Å². The maximum absolute atomic E-state index is 12.5. The standard InChI is InChI=1S/C16H17NO5S/c1-2-12-6-3-4-9-15(12)23(20,21)17-13-7-5-8-14(10-13)22-11-16(18)19/h3-10,17H,2,11H2,1H3,(H,18,19). The second-order valence-electron chi connectivity index (χ2n) is 4.78. The lowest BCUT2D eigenvalue weighted by Gasteiger charge is -2.12. The number of aryl methyl sites for hydroxylation is 1. The van der Waals surface area contributed by atoms with Crippen LogP contribution in [0.2, 0.25) is 0 Å². The van der Waals surface area contributed by atoms with Crippen LogP contribution in [0.5, 0.6) is 5.75 Å². The molecule has 2 N–H and O–H groups in total. The smallest absolute Gasteiger partial charge is 0.341 e. The van der Waals surface area contributed by atoms with Crippen LogP contribution in [0.15, 0.2) is 53.4 Å². The molecular weight excluding hydrogens is 318 g/mol. The summed E-state index contributed by atoms with van der Waals surface area (Å²) in [5, 5.41) is 8.60. The molecule has 0 unspecified atom stereocenters. The summed E-state index contributed by atoms with van der Waals surface area (Å²) < 4.78 is 32.5. The topological polar surface area (TPSA) is 92.7 Å². The number of sulfonamides is 1. The number of anilines is 1. The maximum Gasteiger partial charge on any atom is 0.341 e. The fourth-order valence-corrected chi connectivity index (χ4v) is 3.43. The van der Waals surface area contributed by atoms with Crippen molar-refractivity contribution in [1.29, 1.82) is 0 Å². The van der Waals surface area contributed by atoms with Crippen LogP contribution >= 0.6 is 0 Å². The minimum atomic E-state index is -3.73. The Hall–Kier alpha value is -2.54. The van der Waals surface area contributed by atoms with E-state index in [1.807, 2.05) is 6.92 Å². The highest BCUT2D eigenvalue weighted by atomic mass is 32.2. The summed E-state index contributed by atoms with van der Waals surface area (Å²) in [6.07, 6.45) is 0.596. The first-order chi connectivity index (χ1) is 10.9. The number of carboxylic acid groups (broad SMARTS) is 1. The van der Waals surface area contributed by atoms with Crippen LogP contribution in [0.25, 0.3) is 0 Å². The van der Waals surface area contributed by atoms with Gasteiger partial charge in [0.05, 0.1) is 10.6 Å². The quantitative estimate of drug-likeness (QED) is 0.811. The summed E-state index contributed by atoms with van der Waals surface area (Å²) in [5.74, 6) is -0.829. The molecule has 6 nitrogen and oxygen atoms in total. The van der Waals surface area contributed by atoms with E-state index in [9.17, 15) is 13.2 Å². The van der Waals surface area contributed by atoms with Crippen molar-refractivity contribution in [3.05, 3.63) is 54.1 Å². The van der Waals surface area contributed by atoms with Gasteiger partial charge in [-0.15, -0.1) is 0 Å². The average Bonchev–Trinajstić information content (AvgIpc) is 2.53. The van der Waals surface area contributed by atoms with E-state index in [4.69, 9.17) is 9.84 Å². The third kappa shape index (κ3) is 4.46. The van der Waals surface area contributed by atoms with Gasteiger partial charge in [-0.3, -0.25) is 4.72 Å². The lowest BCUT2D eigenvalue weighted by molar-refractivity contribution is -0.139. The Morgan fingerprint density at radius 1 is 1.17 bits per heavy atom. The molecule has 2 aromatic carbocycles. The second-order valence-corrected chi connectivity index (χ2v) is 6.43. The van der Waals surface area contributed by atoms with Crippen molar-refractivity contribution in [3.8, 4) is 5.75 Å². The van der Waals surface area contributed by atoms with Crippen LogP contribution < -0.4 is 9.46 Å². The molecule has 0 aliphatic rings. The molecule has 2 rings (SSSR count). The summed E-state index contributed by atoms with van der Waals surface area (Å²) in [7, 11) is -3.73.